The van der Waals surface area contributed by atoms with Crippen molar-refractivity contribution in [2.24, 2.45) is 7.05 Å². The van der Waals surface area contributed by atoms with E-state index in [1.54, 1.807) is 24.5 Å². The Hall–Kier alpha value is -2.58. The van der Waals surface area contributed by atoms with Gasteiger partial charge in [0.15, 0.2) is 5.16 Å². The molecule has 0 aliphatic rings. The van der Waals surface area contributed by atoms with Crippen molar-refractivity contribution in [3.05, 3.63) is 57.5 Å². The number of aromatic nitrogens is 2. The molecule has 0 aliphatic heterocycles. The number of nitriles is 1. The van der Waals surface area contributed by atoms with Gasteiger partial charge >= 0.3 is 0 Å². The minimum Gasteiger partial charge on any atom is -0.324 e. The van der Waals surface area contributed by atoms with Gasteiger partial charge in [-0.2, -0.15) is 5.26 Å². The summed E-state index contributed by atoms with van der Waals surface area (Å²) in [6.45, 7) is 0. The van der Waals surface area contributed by atoms with Crippen LogP contribution in [0.15, 0.2) is 62.0 Å². The third-order valence-electron chi connectivity index (χ3n) is 4.35. The van der Waals surface area contributed by atoms with E-state index in [2.05, 4.69) is 16.4 Å². The molecule has 0 unspecified atom stereocenters. The van der Waals surface area contributed by atoms with Crippen LogP contribution in [0, 0.1) is 11.3 Å². The number of hydrogen-bond acceptors (Lipinski definition) is 8. The van der Waals surface area contributed by atoms with E-state index < -0.39 is 0 Å². The first-order chi connectivity index (χ1) is 15.1. The van der Waals surface area contributed by atoms with Gasteiger partial charge in [0.05, 0.1) is 28.6 Å². The van der Waals surface area contributed by atoms with Gasteiger partial charge in [-0.15, -0.1) is 34.4 Å². The molecule has 3 heterocycles. The first-order valence-corrected chi connectivity index (χ1v) is 12.8. The van der Waals surface area contributed by atoms with Crippen LogP contribution in [0.1, 0.15) is 0 Å². The van der Waals surface area contributed by atoms with Gasteiger partial charge in [-0.3, -0.25) is 14.2 Å². The van der Waals surface area contributed by atoms with Gasteiger partial charge in [0, 0.05) is 27.8 Å². The summed E-state index contributed by atoms with van der Waals surface area (Å²) in [5, 5.41) is 16.7. The van der Waals surface area contributed by atoms with Crippen LogP contribution < -0.4 is 10.9 Å². The summed E-state index contributed by atoms with van der Waals surface area (Å²) in [5.74, 6) is 0.225. The van der Waals surface area contributed by atoms with Gasteiger partial charge < -0.3 is 5.32 Å². The summed E-state index contributed by atoms with van der Waals surface area (Å²) in [7, 11) is 1.68. The lowest BCUT2D eigenvalue weighted by atomic mass is 10.2. The zero-order chi connectivity index (χ0) is 21.8. The average Bonchev–Trinajstić information content (AvgIpc) is 3.44. The Balaban J connectivity index is 1.51. The number of benzene rings is 1. The number of hydrogen-bond donors (Lipinski definition) is 1. The molecule has 0 saturated carbocycles. The molecule has 4 aromatic rings. The van der Waals surface area contributed by atoms with Gasteiger partial charge in [-0.1, -0.05) is 30.0 Å². The molecule has 0 bridgehead atoms. The Labute approximate surface area is 194 Å². The van der Waals surface area contributed by atoms with Crippen LogP contribution in [0.2, 0.25) is 0 Å². The third kappa shape index (κ3) is 4.70. The minimum absolute atomic E-state index is 0.115. The van der Waals surface area contributed by atoms with Crippen molar-refractivity contribution in [1.82, 2.24) is 9.55 Å². The molecule has 0 fully saturated rings. The smallest absolute Gasteiger partial charge is 0.263 e. The van der Waals surface area contributed by atoms with Crippen molar-refractivity contribution in [2.45, 2.75) is 10.1 Å². The van der Waals surface area contributed by atoms with Crippen LogP contribution in [0.5, 0.6) is 0 Å². The van der Waals surface area contributed by atoms with E-state index in [0.29, 0.717) is 26.8 Å². The van der Waals surface area contributed by atoms with Crippen LogP contribution in [-0.4, -0.2) is 27.0 Å². The molecule has 1 N–H and O–H groups in total. The molecule has 3 aromatic heterocycles. The van der Waals surface area contributed by atoms with E-state index >= 15 is 0 Å². The first-order valence-electron chi connectivity index (χ1n) is 9.12. The second-order valence-electron chi connectivity index (χ2n) is 6.35. The molecular formula is C21H16N4O2S4. The number of fused-ring (bicyclic) bond motifs is 1. The molecule has 0 atom stereocenters. The Morgan fingerprint density at radius 1 is 1.23 bits per heavy atom. The van der Waals surface area contributed by atoms with Gasteiger partial charge in [0.1, 0.15) is 4.83 Å². The fourth-order valence-electron chi connectivity index (χ4n) is 2.92. The van der Waals surface area contributed by atoms with E-state index in [9.17, 15) is 9.59 Å². The van der Waals surface area contributed by atoms with Crippen LogP contribution >= 0.6 is 46.2 Å². The van der Waals surface area contributed by atoms with Crippen molar-refractivity contribution in [3.8, 4) is 16.5 Å². The fraction of sp³-hybridized carbons (Fsp3) is 0.143. The van der Waals surface area contributed by atoms with Crippen molar-refractivity contribution in [3.63, 3.8) is 0 Å². The molecular weight excluding hydrogens is 469 g/mol. The molecule has 0 spiro atoms. The van der Waals surface area contributed by atoms with Crippen LogP contribution in [0.3, 0.4) is 0 Å². The number of para-hydroxylation sites is 1. The van der Waals surface area contributed by atoms with E-state index in [0.717, 1.165) is 15.3 Å². The normalized spacial score (nSPS) is 10.8. The van der Waals surface area contributed by atoms with Crippen LogP contribution in [0.4, 0.5) is 5.69 Å². The van der Waals surface area contributed by atoms with Crippen LogP contribution in [0.25, 0.3) is 20.7 Å². The predicted molar refractivity (Wildman–Crippen MR) is 130 cm³/mol. The molecule has 4 rings (SSSR count). The highest BCUT2D eigenvalue weighted by molar-refractivity contribution is 8.00. The van der Waals surface area contributed by atoms with Gasteiger partial charge in [0.25, 0.3) is 5.56 Å². The standard InChI is InChI=1S/C21H16N4O2S4/c1-25-20(27)18-13(15-7-4-9-28-15)11-30-19(18)24-21(25)31-12-17(26)23-14-5-2-3-6-16(14)29-10-8-22/h2-7,9,11H,10,12H2,1H3,(H,23,26). The maximum absolute atomic E-state index is 13.0. The molecule has 156 valence electrons. The average molecular weight is 485 g/mol. The Morgan fingerprint density at radius 3 is 2.84 bits per heavy atom. The molecule has 1 aromatic carbocycles. The second-order valence-corrected chi connectivity index (χ2v) is 10.1. The second kappa shape index (κ2) is 9.70. The molecule has 10 heteroatoms. The topological polar surface area (TPSA) is 87.8 Å². The van der Waals surface area contributed by atoms with Crippen molar-refractivity contribution < 1.29 is 4.79 Å². The highest BCUT2D eigenvalue weighted by Gasteiger charge is 2.17. The number of amides is 1. The molecule has 31 heavy (non-hydrogen) atoms. The molecule has 6 nitrogen and oxygen atoms in total. The monoisotopic (exact) mass is 484 g/mol. The van der Waals surface area contributed by atoms with Crippen molar-refractivity contribution >= 4 is 68.0 Å². The summed E-state index contributed by atoms with van der Waals surface area (Å²) in [6, 6.07) is 13.4. The zero-order valence-electron chi connectivity index (χ0n) is 16.3. The highest BCUT2D eigenvalue weighted by atomic mass is 32.2. The van der Waals surface area contributed by atoms with Crippen LogP contribution in [-0.2, 0) is 11.8 Å². The number of carbonyl (C=O) groups is 1. The number of nitrogens with one attached hydrogen (secondary N) is 1. The summed E-state index contributed by atoms with van der Waals surface area (Å²) >= 11 is 5.62. The van der Waals surface area contributed by atoms with Crippen molar-refractivity contribution in [1.29, 1.82) is 5.26 Å². The lowest BCUT2D eigenvalue weighted by Gasteiger charge is -2.10. The Morgan fingerprint density at radius 2 is 2.06 bits per heavy atom. The summed E-state index contributed by atoms with van der Waals surface area (Å²) in [5.41, 5.74) is 1.46. The number of rotatable bonds is 7. The van der Waals surface area contributed by atoms with E-state index in [-0.39, 0.29) is 17.2 Å². The Bertz CT molecular complexity index is 1340. The number of anilines is 1. The lowest BCUT2D eigenvalue weighted by Crippen LogP contribution is -2.21. The summed E-state index contributed by atoms with van der Waals surface area (Å²) in [6.07, 6.45) is 0. The lowest BCUT2D eigenvalue weighted by molar-refractivity contribution is -0.113. The summed E-state index contributed by atoms with van der Waals surface area (Å²) in [4.78, 5) is 32.7. The molecule has 0 saturated heterocycles. The molecule has 0 aliphatic carbocycles. The maximum atomic E-state index is 13.0. The van der Waals surface area contributed by atoms with Gasteiger partial charge in [-0.25, -0.2) is 4.98 Å². The quantitative estimate of drug-likeness (QED) is 0.291. The number of nitrogens with zero attached hydrogens (tertiary/aromatic N) is 3. The van der Waals surface area contributed by atoms with E-state index in [1.807, 2.05) is 41.1 Å². The highest BCUT2D eigenvalue weighted by Crippen LogP contribution is 2.34. The third-order valence-corrected chi connectivity index (χ3v) is 8.09. The number of thioether (sulfide) groups is 2. The molecule has 0 radical (unpaired) electrons. The summed E-state index contributed by atoms with van der Waals surface area (Å²) < 4.78 is 1.50. The Kier molecular flexibility index (Phi) is 6.77. The van der Waals surface area contributed by atoms with Crippen molar-refractivity contribution in [2.75, 3.05) is 16.8 Å². The minimum atomic E-state index is -0.199. The predicted octanol–water partition coefficient (Wildman–Crippen LogP) is 5.07. The van der Waals surface area contributed by atoms with Gasteiger partial charge in [0.2, 0.25) is 5.91 Å². The zero-order valence-corrected chi connectivity index (χ0v) is 19.6. The van der Waals surface area contributed by atoms with E-state index in [1.165, 1.54) is 39.4 Å². The largest absolute Gasteiger partial charge is 0.324 e. The first kappa shape index (κ1) is 21.6. The SMILES string of the molecule is Cn1c(SCC(=O)Nc2ccccc2SCC#N)nc2scc(-c3cccs3)c2c1=O. The number of carbonyl (C=O) groups excluding carboxylic acids is 1. The number of thiophene rings is 2. The fourth-order valence-corrected chi connectivity index (χ4v) is 6.16. The maximum Gasteiger partial charge on any atom is 0.263 e. The molecule has 1 amide bonds. The van der Waals surface area contributed by atoms with E-state index in [4.69, 9.17) is 5.26 Å². The van der Waals surface area contributed by atoms with Gasteiger partial charge in [-0.05, 0) is 23.6 Å².